The molecule has 0 amide bonds. The molecule has 1 aliphatic carbocycles. The SMILES string of the molecule is CNCCCCN(CC(C)C)C1CC1. The number of hydrogen-bond donors (Lipinski definition) is 1. The molecule has 1 rings (SSSR count). The summed E-state index contributed by atoms with van der Waals surface area (Å²) in [4.78, 5) is 2.69. The maximum absolute atomic E-state index is 3.21. The fraction of sp³-hybridized carbons (Fsp3) is 1.00. The van der Waals surface area contributed by atoms with Crippen molar-refractivity contribution in [2.45, 2.75) is 45.6 Å². The molecule has 1 N–H and O–H groups in total. The van der Waals surface area contributed by atoms with Gasteiger partial charge < -0.3 is 10.2 Å². The summed E-state index contributed by atoms with van der Waals surface area (Å²) in [6, 6.07) is 0.937. The first-order valence-electron chi connectivity index (χ1n) is 6.12. The number of nitrogens with zero attached hydrogens (tertiary/aromatic N) is 1. The van der Waals surface area contributed by atoms with Gasteiger partial charge in [-0.1, -0.05) is 13.8 Å². The van der Waals surface area contributed by atoms with Gasteiger partial charge >= 0.3 is 0 Å². The zero-order chi connectivity index (χ0) is 10.4. The summed E-state index contributed by atoms with van der Waals surface area (Å²) < 4.78 is 0. The van der Waals surface area contributed by atoms with Crippen LogP contribution in [0, 0.1) is 5.92 Å². The molecule has 0 unspecified atom stereocenters. The molecule has 1 aliphatic rings. The summed E-state index contributed by atoms with van der Waals surface area (Å²) in [5.41, 5.74) is 0. The molecule has 0 heterocycles. The molecule has 2 heteroatoms. The van der Waals surface area contributed by atoms with Gasteiger partial charge in [-0.3, -0.25) is 0 Å². The number of hydrogen-bond acceptors (Lipinski definition) is 2. The average molecular weight is 198 g/mol. The molecule has 0 saturated heterocycles. The predicted octanol–water partition coefficient (Wildman–Crippen LogP) is 2.11. The van der Waals surface area contributed by atoms with Crippen molar-refractivity contribution in [2.24, 2.45) is 5.92 Å². The molecule has 84 valence electrons. The highest BCUT2D eigenvalue weighted by Gasteiger charge is 2.28. The lowest BCUT2D eigenvalue weighted by molar-refractivity contribution is 0.230. The van der Waals surface area contributed by atoms with E-state index in [9.17, 15) is 0 Å². The van der Waals surface area contributed by atoms with Crippen LogP contribution in [0.3, 0.4) is 0 Å². The van der Waals surface area contributed by atoms with Crippen LogP contribution in [0.5, 0.6) is 0 Å². The third-order valence-electron chi connectivity index (χ3n) is 2.79. The van der Waals surface area contributed by atoms with E-state index in [1.807, 2.05) is 7.05 Å². The standard InChI is InChI=1S/C12H26N2/c1-11(2)10-14(12-6-7-12)9-5-4-8-13-3/h11-13H,4-10H2,1-3H3. The number of nitrogens with one attached hydrogen (secondary N) is 1. The Labute approximate surface area is 89.1 Å². The van der Waals surface area contributed by atoms with Crippen molar-refractivity contribution >= 4 is 0 Å². The molecule has 0 radical (unpaired) electrons. The smallest absolute Gasteiger partial charge is 0.00965 e. The van der Waals surface area contributed by atoms with E-state index in [1.165, 1.54) is 45.3 Å². The summed E-state index contributed by atoms with van der Waals surface area (Å²) in [6.07, 6.45) is 5.55. The van der Waals surface area contributed by atoms with Gasteiger partial charge in [-0.2, -0.15) is 0 Å². The van der Waals surface area contributed by atoms with Crippen LogP contribution in [-0.4, -0.2) is 37.6 Å². The summed E-state index contributed by atoms with van der Waals surface area (Å²) in [5, 5.41) is 3.21. The lowest BCUT2D eigenvalue weighted by atomic mass is 10.2. The lowest BCUT2D eigenvalue weighted by Crippen LogP contribution is -2.31. The first-order chi connectivity index (χ1) is 6.74. The second kappa shape index (κ2) is 6.41. The monoisotopic (exact) mass is 198 g/mol. The fourth-order valence-corrected chi connectivity index (χ4v) is 1.95. The molecule has 0 aliphatic heterocycles. The first kappa shape index (κ1) is 12.0. The molecule has 2 nitrogen and oxygen atoms in total. The van der Waals surface area contributed by atoms with E-state index in [2.05, 4.69) is 24.1 Å². The van der Waals surface area contributed by atoms with Crippen molar-refractivity contribution in [3.05, 3.63) is 0 Å². The molecule has 1 fully saturated rings. The van der Waals surface area contributed by atoms with Crippen LogP contribution in [0.2, 0.25) is 0 Å². The normalized spacial score (nSPS) is 16.9. The Hall–Kier alpha value is -0.0800. The molecule has 0 aromatic heterocycles. The van der Waals surface area contributed by atoms with E-state index < -0.39 is 0 Å². The van der Waals surface area contributed by atoms with Crippen molar-refractivity contribution in [3.8, 4) is 0 Å². The van der Waals surface area contributed by atoms with Gasteiger partial charge in [-0.15, -0.1) is 0 Å². The Kier molecular flexibility index (Phi) is 5.49. The van der Waals surface area contributed by atoms with E-state index in [0.717, 1.165) is 12.0 Å². The Balaban J connectivity index is 2.09. The van der Waals surface area contributed by atoms with Gasteiger partial charge in [0, 0.05) is 12.6 Å². The maximum Gasteiger partial charge on any atom is 0.00965 e. The summed E-state index contributed by atoms with van der Waals surface area (Å²) in [6.45, 7) is 8.42. The van der Waals surface area contributed by atoms with Crippen LogP contribution >= 0.6 is 0 Å². The zero-order valence-corrected chi connectivity index (χ0v) is 10.1. The highest BCUT2D eigenvalue weighted by molar-refractivity contribution is 4.84. The molecular formula is C12H26N2. The van der Waals surface area contributed by atoms with Gasteiger partial charge in [0.15, 0.2) is 0 Å². The van der Waals surface area contributed by atoms with Gasteiger partial charge in [-0.05, 0) is 51.7 Å². The predicted molar refractivity (Wildman–Crippen MR) is 62.6 cm³/mol. The fourth-order valence-electron chi connectivity index (χ4n) is 1.95. The van der Waals surface area contributed by atoms with Crippen molar-refractivity contribution < 1.29 is 0 Å². The number of unbranched alkanes of at least 4 members (excludes halogenated alkanes) is 1. The van der Waals surface area contributed by atoms with Gasteiger partial charge in [-0.25, -0.2) is 0 Å². The van der Waals surface area contributed by atoms with Gasteiger partial charge in [0.1, 0.15) is 0 Å². The summed E-state index contributed by atoms with van der Waals surface area (Å²) >= 11 is 0. The first-order valence-corrected chi connectivity index (χ1v) is 6.12. The van der Waals surface area contributed by atoms with E-state index in [4.69, 9.17) is 0 Å². The second-order valence-electron chi connectivity index (χ2n) is 4.93. The Morgan fingerprint density at radius 2 is 2.00 bits per heavy atom. The van der Waals surface area contributed by atoms with Crippen LogP contribution in [0.15, 0.2) is 0 Å². The van der Waals surface area contributed by atoms with E-state index in [-0.39, 0.29) is 0 Å². The van der Waals surface area contributed by atoms with Crippen molar-refractivity contribution in [1.82, 2.24) is 10.2 Å². The highest BCUT2D eigenvalue weighted by atomic mass is 15.2. The highest BCUT2D eigenvalue weighted by Crippen LogP contribution is 2.27. The molecule has 0 aromatic carbocycles. The van der Waals surface area contributed by atoms with Crippen LogP contribution in [0.4, 0.5) is 0 Å². The Morgan fingerprint density at radius 3 is 2.50 bits per heavy atom. The molecule has 0 bridgehead atoms. The molecule has 0 atom stereocenters. The molecule has 1 saturated carbocycles. The van der Waals surface area contributed by atoms with E-state index >= 15 is 0 Å². The summed E-state index contributed by atoms with van der Waals surface area (Å²) in [5.74, 6) is 0.819. The maximum atomic E-state index is 3.21. The second-order valence-corrected chi connectivity index (χ2v) is 4.93. The lowest BCUT2D eigenvalue weighted by Gasteiger charge is -2.23. The van der Waals surface area contributed by atoms with Crippen LogP contribution in [0.25, 0.3) is 0 Å². The average Bonchev–Trinajstić information content (AvgIpc) is 2.92. The molecule has 0 aromatic rings. The quantitative estimate of drug-likeness (QED) is 0.601. The Bertz CT molecular complexity index is 141. The topological polar surface area (TPSA) is 15.3 Å². The largest absolute Gasteiger partial charge is 0.320 e. The van der Waals surface area contributed by atoms with Gasteiger partial charge in [0.25, 0.3) is 0 Å². The molecule has 14 heavy (non-hydrogen) atoms. The third kappa shape index (κ3) is 4.97. The minimum atomic E-state index is 0.819. The van der Waals surface area contributed by atoms with E-state index in [1.54, 1.807) is 0 Å². The molecular weight excluding hydrogens is 172 g/mol. The summed E-state index contributed by atoms with van der Waals surface area (Å²) in [7, 11) is 2.03. The van der Waals surface area contributed by atoms with Gasteiger partial charge in [0.05, 0.1) is 0 Å². The minimum absolute atomic E-state index is 0.819. The van der Waals surface area contributed by atoms with Crippen molar-refractivity contribution in [1.29, 1.82) is 0 Å². The third-order valence-corrected chi connectivity index (χ3v) is 2.79. The zero-order valence-electron chi connectivity index (χ0n) is 10.1. The van der Waals surface area contributed by atoms with Crippen molar-refractivity contribution in [2.75, 3.05) is 26.7 Å². The van der Waals surface area contributed by atoms with Gasteiger partial charge in [0.2, 0.25) is 0 Å². The Morgan fingerprint density at radius 1 is 1.29 bits per heavy atom. The van der Waals surface area contributed by atoms with E-state index in [0.29, 0.717) is 0 Å². The molecule has 0 spiro atoms. The minimum Gasteiger partial charge on any atom is -0.320 e. The van der Waals surface area contributed by atoms with Crippen LogP contribution < -0.4 is 5.32 Å². The van der Waals surface area contributed by atoms with Crippen molar-refractivity contribution in [3.63, 3.8) is 0 Å². The van der Waals surface area contributed by atoms with Crippen LogP contribution in [0.1, 0.15) is 39.5 Å². The number of rotatable bonds is 8. The van der Waals surface area contributed by atoms with Crippen LogP contribution in [-0.2, 0) is 0 Å².